The van der Waals surface area contributed by atoms with E-state index in [1.54, 1.807) is 18.2 Å². The number of halogens is 2. The number of hydrogen-bond donors (Lipinski definition) is 3. The van der Waals surface area contributed by atoms with E-state index < -0.39 is 23.8 Å². The highest BCUT2D eigenvalue weighted by atomic mass is 35.5. The van der Waals surface area contributed by atoms with Crippen LogP contribution in [0.5, 0.6) is 0 Å². The van der Waals surface area contributed by atoms with Gasteiger partial charge in [0.1, 0.15) is 5.92 Å². The smallest absolute Gasteiger partial charge is 0.326 e. The normalized spacial score (nSPS) is 18.5. The summed E-state index contributed by atoms with van der Waals surface area (Å²) in [6.45, 7) is 3.37. The molecule has 230 valence electrons. The van der Waals surface area contributed by atoms with Crippen LogP contribution in [0.25, 0.3) is 22.4 Å². The van der Waals surface area contributed by atoms with Crippen molar-refractivity contribution in [2.24, 2.45) is 5.92 Å². The summed E-state index contributed by atoms with van der Waals surface area (Å²) in [7, 11) is 2.89. The van der Waals surface area contributed by atoms with Crippen LogP contribution in [0.2, 0.25) is 10.0 Å². The zero-order valence-electron chi connectivity index (χ0n) is 24.7. The standard InChI is InChI=1S/C32H34Cl2N6O4/c1-4-24-18(15-35-16-19-12-14-27(41)36-19)11-13-25(37-24)22-9-5-7-20(28(22)33)21-8-6-10-26(29(21)34)38-30(42)23-17-39(2)32(44)40(3)31(23)43/h5-11,13,19,23,35H,4,12,14-17H2,1-3H3,(H,36,41)(H,38,42)/t19-,23?/m0/s1. The third-order valence-corrected chi connectivity index (χ3v) is 8.85. The average Bonchev–Trinajstić information content (AvgIpc) is 3.44. The summed E-state index contributed by atoms with van der Waals surface area (Å²) in [5.41, 5.74) is 5.08. The molecule has 12 heteroatoms. The number of nitrogens with zero attached hydrogens (tertiary/aromatic N) is 3. The minimum Gasteiger partial charge on any atom is -0.352 e. The number of aromatic nitrogens is 1. The summed E-state index contributed by atoms with van der Waals surface area (Å²) in [5.74, 6) is -2.09. The Labute approximate surface area is 266 Å². The van der Waals surface area contributed by atoms with Gasteiger partial charge in [0.2, 0.25) is 17.7 Å². The summed E-state index contributed by atoms with van der Waals surface area (Å²) < 4.78 is 0. The molecule has 1 aromatic heterocycles. The Hall–Kier alpha value is -3.99. The molecule has 10 nitrogen and oxygen atoms in total. The number of carbonyl (C=O) groups is 4. The second-order valence-electron chi connectivity index (χ2n) is 11.0. The van der Waals surface area contributed by atoms with E-state index >= 15 is 0 Å². The number of anilines is 1. The van der Waals surface area contributed by atoms with Gasteiger partial charge in [-0.1, -0.05) is 66.5 Å². The van der Waals surface area contributed by atoms with Crippen molar-refractivity contribution in [1.29, 1.82) is 0 Å². The Morgan fingerprint density at radius 1 is 1.00 bits per heavy atom. The van der Waals surface area contributed by atoms with Crippen LogP contribution >= 0.6 is 23.2 Å². The quantitative estimate of drug-likeness (QED) is 0.292. The zero-order chi connectivity index (χ0) is 31.5. The predicted octanol–water partition coefficient (Wildman–Crippen LogP) is 4.73. The number of benzene rings is 2. The molecule has 3 N–H and O–H groups in total. The minimum atomic E-state index is -1.06. The number of amides is 5. The average molecular weight is 638 g/mol. The Kier molecular flexibility index (Phi) is 9.53. The number of carbonyl (C=O) groups excluding carboxylic acids is 4. The number of aryl methyl sites for hydroxylation is 1. The lowest BCUT2D eigenvalue weighted by atomic mass is 9.99. The number of imide groups is 1. The fourth-order valence-electron chi connectivity index (χ4n) is 5.56. The summed E-state index contributed by atoms with van der Waals surface area (Å²) in [6.07, 6.45) is 2.15. The molecule has 0 saturated carbocycles. The number of urea groups is 1. The van der Waals surface area contributed by atoms with E-state index in [2.05, 4.69) is 22.9 Å². The van der Waals surface area contributed by atoms with E-state index in [-0.39, 0.29) is 23.5 Å². The minimum absolute atomic E-state index is 0.0284. The fraction of sp³-hybridized carbons (Fsp3) is 0.344. The number of pyridine rings is 1. The van der Waals surface area contributed by atoms with Gasteiger partial charge in [-0.25, -0.2) is 4.79 Å². The van der Waals surface area contributed by atoms with Gasteiger partial charge >= 0.3 is 6.03 Å². The van der Waals surface area contributed by atoms with Crippen molar-refractivity contribution in [3.63, 3.8) is 0 Å². The van der Waals surface area contributed by atoms with Crippen LogP contribution in [0, 0.1) is 5.92 Å². The van der Waals surface area contributed by atoms with E-state index in [9.17, 15) is 19.2 Å². The first-order chi connectivity index (χ1) is 21.1. The van der Waals surface area contributed by atoms with E-state index in [1.807, 2.05) is 30.3 Å². The van der Waals surface area contributed by atoms with Gasteiger partial charge in [0.05, 0.1) is 21.4 Å². The first kappa shape index (κ1) is 31.4. The molecule has 0 spiro atoms. The fourth-order valence-corrected chi connectivity index (χ4v) is 6.16. The van der Waals surface area contributed by atoms with Crippen molar-refractivity contribution in [3.05, 3.63) is 69.8 Å². The monoisotopic (exact) mass is 636 g/mol. The van der Waals surface area contributed by atoms with Crippen LogP contribution in [0.4, 0.5) is 10.5 Å². The predicted molar refractivity (Wildman–Crippen MR) is 170 cm³/mol. The molecule has 2 saturated heterocycles. The summed E-state index contributed by atoms with van der Waals surface area (Å²) in [5, 5.41) is 9.89. The third kappa shape index (κ3) is 6.43. The van der Waals surface area contributed by atoms with E-state index in [4.69, 9.17) is 28.2 Å². The maximum atomic E-state index is 13.1. The molecule has 44 heavy (non-hydrogen) atoms. The first-order valence-electron chi connectivity index (χ1n) is 14.5. The first-order valence-corrected chi connectivity index (χ1v) is 15.2. The molecule has 0 bridgehead atoms. The highest BCUT2D eigenvalue weighted by molar-refractivity contribution is 6.39. The van der Waals surface area contributed by atoms with E-state index in [0.717, 1.165) is 40.3 Å². The van der Waals surface area contributed by atoms with Gasteiger partial charge in [-0.3, -0.25) is 24.3 Å². The third-order valence-electron chi connectivity index (χ3n) is 8.03. The molecule has 5 amide bonds. The number of nitrogens with one attached hydrogen (secondary N) is 3. The summed E-state index contributed by atoms with van der Waals surface area (Å²) in [4.78, 5) is 56.5. The Morgan fingerprint density at radius 3 is 2.41 bits per heavy atom. The lowest BCUT2D eigenvalue weighted by molar-refractivity contribution is -0.140. The van der Waals surface area contributed by atoms with Gasteiger partial charge in [0, 0.05) is 68.6 Å². The Morgan fingerprint density at radius 2 is 1.70 bits per heavy atom. The Balaban J connectivity index is 1.35. The maximum absolute atomic E-state index is 13.1. The highest BCUT2D eigenvalue weighted by Gasteiger charge is 2.39. The van der Waals surface area contributed by atoms with Gasteiger partial charge < -0.3 is 20.9 Å². The zero-order valence-corrected chi connectivity index (χ0v) is 26.3. The molecule has 3 aromatic rings. The SMILES string of the molecule is CCc1nc(-c2cccc(-c3cccc(NC(=O)C4CN(C)C(=O)N(C)C4=O)c3Cl)c2Cl)ccc1CNC[C@@H]1CCC(=O)N1. The van der Waals surface area contributed by atoms with Gasteiger partial charge in [0.25, 0.3) is 0 Å². The molecule has 0 aliphatic carbocycles. The Bertz CT molecular complexity index is 1630. The van der Waals surface area contributed by atoms with Crippen LogP contribution in [0.1, 0.15) is 31.0 Å². The lowest BCUT2D eigenvalue weighted by Crippen LogP contribution is -2.56. The second kappa shape index (κ2) is 13.3. The molecule has 2 atom stereocenters. The van der Waals surface area contributed by atoms with E-state index in [0.29, 0.717) is 41.3 Å². The largest absolute Gasteiger partial charge is 0.352 e. The second-order valence-corrected chi connectivity index (χ2v) is 11.8. The van der Waals surface area contributed by atoms with Crippen molar-refractivity contribution >= 4 is 52.6 Å². The molecule has 2 aliphatic heterocycles. The van der Waals surface area contributed by atoms with Crippen LogP contribution in [-0.4, -0.2) is 71.8 Å². The van der Waals surface area contributed by atoms with Gasteiger partial charge in [-0.2, -0.15) is 0 Å². The molecule has 3 heterocycles. The number of rotatable bonds is 9. The maximum Gasteiger partial charge on any atom is 0.326 e. The summed E-state index contributed by atoms with van der Waals surface area (Å²) in [6, 6.07) is 14.5. The van der Waals surface area contributed by atoms with Crippen molar-refractivity contribution in [2.75, 3.05) is 32.5 Å². The van der Waals surface area contributed by atoms with Crippen LogP contribution in [-0.2, 0) is 27.3 Å². The van der Waals surface area contributed by atoms with Crippen molar-refractivity contribution in [2.45, 2.75) is 38.8 Å². The van der Waals surface area contributed by atoms with Gasteiger partial charge in [-0.05, 0) is 30.5 Å². The van der Waals surface area contributed by atoms with Crippen LogP contribution in [0.15, 0.2) is 48.5 Å². The van der Waals surface area contributed by atoms with Crippen molar-refractivity contribution < 1.29 is 19.2 Å². The van der Waals surface area contributed by atoms with Crippen LogP contribution < -0.4 is 16.0 Å². The highest BCUT2D eigenvalue weighted by Crippen LogP contribution is 2.41. The van der Waals surface area contributed by atoms with Crippen LogP contribution in [0.3, 0.4) is 0 Å². The van der Waals surface area contributed by atoms with Gasteiger partial charge in [-0.15, -0.1) is 0 Å². The van der Waals surface area contributed by atoms with E-state index in [1.165, 1.54) is 19.0 Å². The molecular weight excluding hydrogens is 603 g/mol. The molecule has 1 unspecified atom stereocenters. The molecule has 2 fully saturated rings. The topological polar surface area (TPSA) is 124 Å². The number of hydrogen-bond acceptors (Lipinski definition) is 6. The molecule has 5 rings (SSSR count). The van der Waals surface area contributed by atoms with Crippen molar-refractivity contribution in [1.82, 2.24) is 25.4 Å². The molecular formula is C32H34Cl2N6O4. The summed E-state index contributed by atoms with van der Waals surface area (Å²) >= 11 is 13.8. The van der Waals surface area contributed by atoms with Crippen molar-refractivity contribution in [3.8, 4) is 22.4 Å². The van der Waals surface area contributed by atoms with Gasteiger partial charge in [0.15, 0.2) is 0 Å². The molecule has 0 radical (unpaired) electrons. The molecule has 2 aliphatic rings. The molecule has 2 aromatic carbocycles. The lowest BCUT2D eigenvalue weighted by Gasteiger charge is -2.33.